The number of nitrogens with one attached hydrogen (secondary N) is 2. The van der Waals surface area contributed by atoms with Crippen LogP contribution in [0.15, 0.2) is 24.3 Å². The van der Waals surface area contributed by atoms with Crippen molar-refractivity contribution in [1.82, 2.24) is 15.5 Å². The molecule has 0 unspecified atom stereocenters. The molecule has 0 spiro atoms. The van der Waals surface area contributed by atoms with E-state index < -0.39 is 18.0 Å². The molecule has 0 aliphatic carbocycles. The van der Waals surface area contributed by atoms with Gasteiger partial charge in [0.1, 0.15) is 6.04 Å². The molecule has 2 N–H and O–H groups in total. The number of fused-ring (bicyclic) bond motifs is 1. The summed E-state index contributed by atoms with van der Waals surface area (Å²) in [6, 6.07) is 6.76. The van der Waals surface area contributed by atoms with Gasteiger partial charge in [0.2, 0.25) is 5.91 Å². The molecule has 0 saturated heterocycles. The Morgan fingerprint density at radius 1 is 1.23 bits per heavy atom. The number of hydrogen-bond donors (Lipinski definition) is 2. The van der Waals surface area contributed by atoms with Gasteiger partial charge in [0.25, 0.3) is 0 Å². The zero-order chi connectivity index (χ0) is 19.1. The predicted molar refractivity (Wildman–Crippen MR) is 97.4 cm³/mol. The number of nitrogens with zero attached hydrogens (tertiary/aromatic N) is 1. The maximum Gasteiger partial charge on any atom is 0.323 e. The van der Waals surface area contributed by atoms with E-state index in [1.165, 1.54) is 7.11 Å². The Morgan fingerprint density at radius 2 is 1.92 bits per heavy atom. The summed E-state index contributed by atoms with van der Waals surface area (Å²) in [6.07, 6.45) is 1.33. The highest BCUT2D eigenvalue weighted by Crippen LogP contribution is 2.23. The minimum atomic E-state index is -0.537. The van der Waals surface area contributed by atoms with Crippen LogP contribution in [0.25, 0.3) is 0 Å². The molecule has 0 bridgehead atoms. The molecule has 1 aromatic rings. The Balaban J connectivity index is 1.95. The number of benzene rings is 1. The third-order valence-electron chi connectivity index (χ3n) is 4.43. The normalized spacial score (nSPS) is 16.7. The number of ether oxygens (including phenoxy) is 1. The summed E-state index contributed by atoms with van der Waals surface area (Å²) in [4.78, 5) is 37.9. The van der Waals surface area contributed by atoms with Crippen molar-refractivity contribution >= 4 is 17.9 Å². The van der Waals surface area contributed by atoms with E-state index in [0.717, 1.165) is 17.5 Å². The molecule has 26 heavy (non-hydrogen) atoms. The van der Waals surface area contributed by atoms with Crippen molar-refractivity contribution in [1.29, 1.82) is 0 Å². The monoisotopic (exact) mass is 361 g/mol. The smallest absolute Gasteiger partial charge is 0.323 e. The second-order valence-corrected chi connectivity index (χ2v) is 6.90. The largest absolute Gasteiger partial charge is 0.468 e. The molecule has 0 aromatic heterocycles. The summed E-state index contributed by atoms with van der Waals surface area (Å²) in [5, 5.41) is 4.98. The molecule has 7 nitrogen and oxygen atoms in total. The summed E-state index contributed by atoms with van der Waals surface area (Å²) in [6.45, 7) is 5.04. The van der Waals surface area contributed by atoms with Crippen LogP contribution >= 0.6 is 0 Å². The Morgan fingerprint density at radius 3 is 2.58 bits per heavy atom. The number of rotatable bonds is 6. The van der Waals surface area contributed by atoms with E-state index in [2.05, 4.69) is 24.5 Å². The summed E-state index contributed by atoms with van der Waals surface area (Å²) >= 11 is 0. The van der Waals surface area contributed by atoms with Gasteiger partial charge in [-0.2, -0.15) is 0 Å². The van der Waals surface area contributed by atoms with Crippen LogP contribution in [0.3, 0.4) is 0 Å². The second-order valence-electron chi connectivity index (χ2n) is 6.90. The standard InChI is InChI=1S/C19H27N3O4/c1-13(2)8-9-20-19(25)21-17(23)12-22-11-15-7-5-4-6-14(15)10-16(22)18(24)26-3/h4-7,13,16H,8-12H2,1-3H3,(H2,20,21,23,25)/t16-/m0/s1. The minimum absolute atomic E-state index is 0.0499. The van der Waals surface area contributed by atoms with Crippen LogP contribution in [0.5, 0.6) is 0 Å². The second kappa shape index (κ2) is 9.33. The highest BCUT2D eigenvalue weighted by molar-refractivity contribution is 5.95. The number of methoxy groups -OCH3 is 1. The average Bonchev–Trinajstić information content (AvgIpc) is 2.60. The molecule has 0 fully saturated rings. The number of carbonyl (C=O) groups is 3. The first-order chi connectivity index (χ1) is 12.4. The van der Waals surface area contributed by atoms with Crippen LogP contribution < -0.4 is 10.6 Å². The summed E-state index contributed by atoms with van der Waals surface area (Å²) < 4.78 is 4.88. The number of imide groups is 1. The molecule has 142 valence electrons. The Bertz CT molecular complexity index is 660. The molecule has 1 aliphatic rings. The van der Waals surface area contributed by atoms with Crippen LogP contribution in [0.2, 0.25) is 0 Å². The molecule has 1 atom stereocenters. The van der Waals surface area contributed by atoms with E-state index >= 15 is 0 Å². The van der Waals surface area contributed by atoms with Crippen LogP contribution in [0, 0.1) is 5.92 Å². The molecule has 7 heteroatoms. The van der Waals surface area contributed by atoms with Gasteiger partial charge in [0, 0.05) is 13.1 Å². The molecule has 0 radical (unpaired) electrons. The van der Waals surface area contributed by atoms with E-state index in [1.54, 1.807) is 4.90 Å². The number of carbonyl (C=O) groups excluding carboxylic acids is 3. The van der Waals surface area contributed by atoms with Gasteiger partial charge >= 0.3 is 12.0 Å². The zero-order valence-corrected chi connectivity index (χ0v) is 15.6. The quantitative estimate of drug-likeness (QED) is 0.749. The zero-order valence-electron chi connectivity index (χ0n) is 15.6. The Hall–Kier alpha value is -2.41. The topological polar surface area (TPSA) is 87.7 Å². The summed E-state index contributed by atoms with van der Waals surface area (Å²) in [7, 11) is 1.34. The molecule has 3 amide bonds. The Kier molecular flexibility index (Phi) is 7.15. The molecule has 0 saturated carbocycles. The lowest BCUT2D eigenvalue weighted by atomic mass is 9.94. The molecule has 1 aromatic carbocycles. The first kappa shape index (κ1) is 19.9. The van der Waals surface area contributed by atoms with Crippen molar-refractivity contribution in [3.63, 3.8) is 0 Å². The summed E-state index contributed by atoms with van der Waals surface area (Å²) in [5.74, 6) is -0.353. The minimum Gasteiger partial charge on any atom is -0.468 e. The highest BCUT2D eigenvalue weighted by Gasteiger charge is 2.33. The number of amides is 3. The van der Waals surface area contributed by atoms with E-state index in [-0.39, 0.29) is 12.5 Å². The lowest BCUT2D eigenvalue weighted by molar-refractivity contribution is -0.148. The van der Waals surface area contributed by atoms with E-state index in [4.69, 9.17) is 4.74 Å². The first-order valence-corrected chi connectivity index (χ1v) is 8.87. The van der Waals surface area contributed by atoms with Gasteiger partial charge in [-0.25, -0.2) is 4.79 Å². The van der Waals surface area contributed by atoms with Crippen LogP contribution in [0.4, 0.5) is 4.79 Å². The van der Waals surface area contributed by atoms with Gasteiger partial charge in [0.15, 0.2) is 0 Å². The van der Waals surface area contributed by atoms with E-state index in [0.29, 0.717) is 25.4 Å². The van der Waals surface area contributed by atoms with Crippen molar-refractivity contribution in [2.45, 2.75) is 39.3 Å². The van der Waals surface area contributed by atoms with Crippen molar-refractivity contribution in [2.75, 3.05) is 20.2 Å². The lowest BCUT2D eigenvalue weighted by Gasteiger charge is -2.34. The fourth-order valence-corrected chi connectivity index (χ4v) is 2.98. The van der Waals surface area contributed by atoms with Gasteiger partial charge in [-0.15, -0.1) is 0 Å². The van der Waals surface area contributed by atoms with Gasteiger partial charge < -0.3 is 10.1 Å². The Labute approximate surface area is 154 Å². The van der Waals surface area contributed by atoms with E-state index in [9.17, 15) is 14.4 Å². The van der Waals surface area contributed by atoms with Crippen LogP contribution in [-0.4, -0.2) is 49.0 Å². The van der Waals surface area contributed by atoms with Crippen LogP contribution in [0.1, 0.15) is 31.4 Å². The number of hydrogen-bond acceptors (Lipinski definition) is 5. The van der Waals surface area contributed by atoms with Crippen LogP contribution in [-0.2, 0) is 27.3 Å². The molecule has 1 heterocycles. The lowest BCUT2D eigenvalue weighted by Crippen LogP contribution is -2.51. The fraction of sp³-hybridized carbons (Fsp3) is 0.526. The van der Waals surface area contributed by atoms with E-state index in [1.807, 2.05) is 24.3 Å². The highest BCUT2D eigenvalue weighted by atomic mass is 16.5. The summed E-state index contributed by atoms with van der Waals surface area (Å²) in [5.41, 5.74) is 2.15. The fourth-order valence-electron chi connectivity index (χ4n) is 2.98. The van der Waals surface area contributed by atoms with Gasteiger partial charge in [-0.3, -0.25) is 19.8 Å². The van der Waals surface area contributed by atoms with Gasteiger partial charge in [0.05, 0.1) is 13.7 Å². The molecule has 1 aliphatic heterocycles. The van der Waals surface area contributed by atoms with Crippen molar-refractivity contribution in [3.05, 3.63) is 35.4 Å². The van der Waals surface area contributed by atoms with Crippen molar-refractivity contribution < 1.29 is 19.1 Å². The molecule has 2 rings (SSSR count). The third kappa shape index (κ3) is 5.56. The predicted octanol–water partition coefficient (Wildman–Crippen LogP) is 1.46. The average molecular weight is 361 g/mol. The molecular weight excluding hydrogens is 334 g/mol. The maximum absolute atomic E-state index is 12.2. The van der Waals surface area contributed by atoms with Crippen molar-refractivity contribution in [3.8, 4) is 0 Å². The number of esters is 1. The third-order valence-corrected chi connectivity index (χ3v) is 4.43. The van der Waals surface area contributed by atoms with Gasteiger partial charge in [-0.1, -0.05) is 38.1 Å². The number of urea groups is 1. The maximum atomic E-state index is 12.2. The molecular formula is C19H27N3O4. The first-order valence-electron chi connectivity index (χ1n) is 8.87. The SMILES string of the molecule is COC(=O)[C@@H]1Cc2ccccc2CN1CC(=O)NC(=O)NCCC(C)C. The van der Waals surface area contributed by atoms with Gasteiger partial charge in [-0.05, 0) is 29.9 Å². The van der Waals surface area contributed by atoms with Crippen molar-refractivity contribution in [2.24, 2.45) is 5.92 Å².